The molecule has 6 heteroatoms. The summed E-state index contributed by atoms with van der Waals surface area (Å²) in [5.41, 5.74) is 3.02. The Hall–Kier alpha value is -2.27. The van der Waals surface area contributed by atoms with Crippen LogP contribution in [0.25, 0.3) is 0 Å². The highest BCUT2D eigenvalue weighted by Gasteiger charge is 2.13. The highest BCUT2D eigenvalue weighted by atomic mass is 35.5. The van der Waals surface area contributed by atoms with Crippen LogP contribution in [0, 0.1) is 10.1 Å². The summed E-state index contributed by atoms with van der Waals surface area (Å²) in [4.78, 5) is 10.2. The second-order valence-corrected chi connectivity index (χ2v) is 5.22. The average molecular weight is 305 g/mol. The average Bonchev–Trinajstić information content (AvgIpc) is 2.92. The molecule has 5 nitrogen and oxygen atoms in total. The van der Waals surface area contributed by atoms with Crippen molar-refractivity contribution in [2.75, 3.05) is 11.9 Å². The zero-order chi connectivity index (χ0) is 14.8. The lowest BCUT2D eigenvalue weighted by molar-refractivity contribution is -0.384. The van der Waals surface area contributed by atoms with E-state index in [1.54, 1.807) is 12.1 Å². The summed E-state index contributed by atoms with van der Waals surface area (Å²) in [7, 11) is 0. The fourth-order valence-electron chi connectivity index (χ4n) is 2.32. The predicted molar refractivity (Wildman–Crippen MR) is 81.1 cm³/mol. The quantitative estimate of drug-likeness (QED) is 0.689. The third-order valence-corrected chi connectivity index (χ3v) is 3.70. The van der Waals surface area contributed by atoms with Crippen LogP contribution in [-0.4, -0.2) is 11.5 Å². The van der Waals surface area contributed by atoms with Crippen molar-refractivity contribution < 1.29 is 9.66 Å². The number of nitrogens with one attached hydrogen (secondary N) is 1. The van der Waals surface area contributed by atoms with Crippen molar-refractivity contribution in [3.05, 3.63) is 62.7 Å². The van der Waals surface area contributed by atoms with E-state index in [-0.39, 0.29) is 10.7 Å². The Balaban J connectivity index is 1.70. The second-order valence-electron chi connectivity index (χ2n) is 4.82. The molecule has 1 aliphatic rings. The lowest BCUT2D eigenvalue weighted by atomic mass is 10.1. The normalized spacial score (nSPS) is 12.6. The van der Waals surface area contributed by atoms with Crippen LogP contribution in [-0.2, 0) is 13.0 Å². The van der Waals surface area contributed by atoms with Gasteiger partial charge >= 0.3 is 0 Å². The number of benzene rings is 2. The van der Waals surface area contributed by atoms with Gasteiger partial charge in [-0.05, 0) is 29.3 Å². The second kappa shape index (κ2) is 5.61. The van der Waals surface area contributed by atoms with Crippen molar-refractivity contribution in [2.24, 2.45) is 0 Å². The number of hydrogen-bond donors (Lipinski definition) is 1. The molecule has 1 N–H and O–H groups in total. The molecule has 0 saturated carbocycles. The maximum absolute atomic E-state index is 10.7. The van der Waals surface area contributed by atoms with Crippen LogP contribution >= 0.6 is 11.6 Å². The molecule has 3 rings (SSSR count). The monoisotopic (exact) mass is 304 g/mol. The van der Waals surface area contributed by atoms with Crippen LogP contribution in [0.5, 0.6) is 5.75 Å². The SMILES string of the molecule is O=[N+]([O-])c1ccc(NCc2ccc3c(c2)CCO3)cc1Cl. The van der Waals surface area contributed by atoms with Gasteiger partial charge in [0.25, 0.3) is 5.69 Å². The van der Waals surface area contributed by atoms with E-state index in [0.29, 0.717) is 6.54 Å². The molecule has 0 aromatic heterocycles. The van der Waals surface area contributed by atoms with Crippen molar-refractivity contribution >= 4 is 23.0 Å². The number of nitrogens with zero attached hydrogens (tertiary/aromatic N) is 1. The highest BCUT2D eigenvalue weighted by Crippen LogP contribution is 2.28. The van der Waals surface area contributed by atoms with E-state index in [2.05, 4.69) is 11.4 Å². The summed E-state index contributed by atoms with van der Waals surface area (Å²) in [6.07, 6.45) is 0.937. The van der Waals surface area contributed by atoms with E-state index in [1.807, 2.05) is 12.1 Å². The van der Waals surface area contributed by atoms with Gasteiger partial charge in [-0.3, -0.25) is 10.1 Å². The number of nitro groups is 1. The van der Waals surface area contributed by atoms with Gasteiger partial charge < -0.3 is 10.1 Å². The summed E-state index contributed by atoms with van der Waals surface area (Å²) in [6, 6.07) is 10.7. The fraction of sp³-hybridized carbons (Fsp3) is 0.200. The van der Waals surface area contributed by atoms with Gasteiger partial charge in [0.2, 0.25) is 0 Å². The molecular weight excluding hydrogens is 292 g/mol. The van der Waals surface area contributed by atoms with Gasteiger partial charge in [-0.1, -0.05) is 23.7 Å². The van der Waals surface area contributed by atoms with Crippen LogP contribution < -0.4 is 10.1 Å². The Morgan fingerprint density at radius 2 is 2.14 bits per heavy atom. The molecule has 0 aliphatic carbocycles. The predicted octanol–water partition coefficient (Wildman–Crippen LogP) is 3.80. The van der Waals surface area contributed by atoms with Crippen molar-refractivity contribution in [2.45, 2.75) is 13.0 Å². The van der Waals surface area contributed by atoms with Gasteiger partial charge in [-0.2, -0.15) is 0 Å². The molecule has 0 amide bonds. The number of halogens is 1. The van der Waals surface area contributed by atoms with Crippen LogP contribution in [0.15, 0.2) is 36.4 Å². The lowest BCUT2D eigenvalue weighted by Gasteiger charge is -2.08. The minimum absolute atomic E-state index is 0.0862. The molecule has 0 fully saturated rings. The van der Waals surface area contributed by atoms with Crippen LogP contribution in [0.3, 0.4) is 0 Å². The van der Waals surface area contributed by atoms with E-state index >= 15 is 0 Å². The summed E-state index contributed by atoms with van der Waals surface area (Å²) < 4.78 is 5.47. The first-order valence-electron chi connectivity index (χ1n) is 6.56. The topological polar surface area (TPSA) is 64.4 Å². The van der Waals surface area contributed by atoms with Crippen molar-refractivity contribution in [3.8, 4) is 5.75 Å². The number of anilines is 1. The smallest absolute Gasteiger partial charge is 0.288 e. The Labute approximate surface area is 126 Å². The van der Waals surface area contributed by atoms with Gasteiger partial charge in [-0.25, -0.2) is 0 Å². The molecule has 2 aromatic carbocycles. The van der Waals surface area contributed by atoms with E-state index < -0.39 is 4.92 Å². The third-order valence-electron chi connectivity index (χ3n) is 3.39. The summed E-state index contributed by atoms with van der Waals surface area (Å²) >= 11 is 5.88. The fourth-order valence-corrected chi connectivity index (χ4v) is 2.57. The molecule has 1 heterocycles. The number of nitro benzene ring substituents is 1. The zero-order valence-electron chi connectivity index (χ0n) is 11.1. The first-order chi connectivity index (χ1) is 10.1. The van der Waals surface area contributed by atoms with E-state index in [1.165, 1.54) is 11.6 Å². The Kier molecular flexibility index (Phi) is 3.66. The highest BCUT2D eigenvalue weighted by molar-refractivity contribution is 6.32. The number of hydrogen-bond acceptors (Lipinski definition) is 4. The van der Waals surface area contributed by atoms with Crippen LogP contribution in [0.4, 0.5) is 11.4 Å². The van der Waals surface area contributed by atoms with Gasteiger partial charge in [-0.15, -0.1) is 0 Å². The maximum Gasteiger partial charge on any atom is 0.288 e. The Bertz CT molecular complexity index is 703. The van der Waals surface area contributed by atoms with Crippen molar-refractivity contribution in [1.29, 1.82) is 0 Å². The molecule has 0 spiro atoms. The van der Waals surface area contributed by atoms with E-state index in [4.69, 9.17) is 16.3 Å². The van der Waals surface area contributed by atoms with Gasteiger partial charge in [0.05, 0.1) is 11.5 Å². The molecule has 0 radical (unpaired) electrons. The van der Waals surface area contributed by atoms with Crippen molar-refractivity contribution in [3.63, 3.8) is 0 Å². The lowest BCUT2D eigenvalue weighted by Crippen LogP contribution is -2.00. The van der Waals surface area contributed by atoms with E-state index in [0.717, 1.165) is 30.0 Å². The first-order valence-corrected chi connectivity index (χ1v) is 6.94. The van der Waals surface area contributed by atoms with E-state index in [9.17, 15) is 10.1 Å². The third kappa shape index (κ3) is 2.92. The Morgan fingerprint density at radius 3 is 2.90 bits per heavy atom. The number of ether oxygens (including phenoxy) is 1. The largest absolute Gasteiger partial charge is 0.493 e. The molecule has 21 heavy (non-hydrogen) atoms. The van der Waals surface area contributed by atoms with Gasteiger partial charge in [0, 0.05) is 24.7 Å². The molecule has 0 unspecified atom stereocenters. The maximum atomic E-state index is 10.7. The minimum atomic E-state index is -0.493. The Morgan fingerprint density at radius 1 is 1.29 bits per heavy atom. The molecule has 0 saturated heterocycles. The number of fused-ring (bicyclic) bond motifs is 1. The number of rotatable bonds is 4. The molecule has 0 atom stereocenters. The van der Waals surface area contributed by atoms with Gasteiger partial charge in [0.1, 0.15) is 10.8 Å². The molecule has 108 valence electrons. The standard InChI is InChI=1S/C15H13ClN2O3/c16-13-8-12(2-3-14(13)18(19)20)17-9-10-1-4-15-11(7-10)5-6-21-15/h1-4,7-8,17H,5-6,9H2. The van der Waals surface area contributed by atoms with Crippen molar-refractivity contribution in [1.82, 2.24) is 0 Å². The summed E-state index contributed by atoms with van der Waals surface area (Å²) in [5.74, 6) is 0.956. The minimum Gasteiger partial charge on any atom is -0.493 e. The first kappa shape index (κ1) is 13.7. The summed E-state index contributed by atoms with van der Waals surface area (Å²) in [6.45, 7) is 1.37. The molecule has 2 aromatic rings. The van der Waals surface area contributed by atoms with Crippen LogP contribution in [0.1, 0.15) is 11.1 Å². The molecule has 0 bridgehead atoms. The summed E-state index contributed by atoms with van der Waals surface area (Å²) in [5, 5.41) is 14.1. The zero-order valence-corrected chi connectivity index (χ0v) is 11.9. The molecule has 1 aliphatic heterocycles. The van der Waals surface area contributed by atoms with Crippen LogP contribution in [0.2, 0.25) is 5.02 Å². The van der Waals surface area contributed by atoms with Gasteiger partial charge in [0.15, 0.2) is 0 Å². The molecular formula is C15H13ClN2O3.